The number of anilines is 2. The Labute approximate surface area is 165 Å². The van der Waals surface area contributed by atoms with Gasteiger partial charge in [0.05, 0.1) is 5.69 Å². The Morgan fingerprint density at radius 2 is 1.79 bits per heavy atom. The van der Waals surface area contributed by atoms with E-state index < -0.39 is 27.3 Å². The second-order valence-electron chi connectivity index (χ2n) is 6.45. The predicted molar refractivity (Wildman–Crippen MR) is 103 cm³/mol. The van der Waals surface area contributed by atoms with Crippen molar-refractivity contribution < 1.29 is 21.6 Å². The number of nitrogens with one attached hydrogen (secondary N) is 1. The number of aromatic nitrogens is 2. The van der Waals surface area contributed by atoms with Crippen molar-refractivity contribution in [3.63, 3.8) is 0 Å². The molecular weight excluding hydrogens is 405 g/mol. The molecule has 152 valence electrons. The molecule has 0 aliphatic rings. The number of aryl methyl sites for hydroxylation is 1. The van der Waals surface area contributed by atoms with Crippen molar-refractivity contribution in [1.29, 1.82) is 0 Å². The van der Waals surface area contributed by atoms with E-state index in [0.29, 0.717) is 12.5 Å². The molecule has 2 aromatic heterocycles. The highest BCUT2D eigenvalue weighted by molar-refractivity contribution is 7.92. The van der Waals surface area contributed by atoms with Crippen molar-refractivity contribution >= 4 is 21.7 Å². The number of pyridine rings is 2. The van der Waals surface area contributed by atoms with Gasteiger partial charge in [0.2, 0.25) is 0 Å². The van der Waals surface area contributed by atoms with Crippen LogP contribution in [0.5, 0.6) is 0 Å². The van der Waals surface area contributed by atoms with Gasteiger partial charge in [-0.15, -0.1) is 0 Å². The predicted octanol–water partition coefficient (Wildman–Crippen LogP) is 4.09. The second kappa shape index (κ2) is 7.36. The Bertz CT molecular complexity index is 1180. The highest BCUT2D eigenvalue weighted by Crippen LogP contribution is 2.37. The van der Waals surface area contributed by atoms with Gasteiger partial charge < -0.3 is 5.73 Å². The Balaban J connectivity index is 2.12. The summed E-state index contributed by atoms with van der Waals surface area (Å²) in [6, 6.07) is 9.91. The van der Waals surface area contributed by atoms with E-state index in [0.717, 1.165) is 18.2 Å². The first kappa shape index (κ1) is 20.6. The molecule has 6 nitrogen and oxygen atoms in total. The highest BCUT2D eigenvalue weighted by atomic mass is 32.2. The quantitative estimate of drug-likeness (QED) is 0.646. The molecule has 0 radical (unpaired) electrons. The van der Waals surface area contributed by atoms with E-state index in [1.54, 1.807) is 6.92 Å². The molecule has 3 N–H and O–H groups in total. The molecule has 0 amide bonds. The maximum absolute atomic E-state index is 14.1. The van der Waals surface area contributed by atoms with Crippen molar-refractivity contribution in [3.05, 3.63) is 65.5 Å². The van der Waals surface area contributed by atoms with Crippen LogP contribution in [-0.4, -0.2) is 18.4 Å². The number of alkyl halides is 2. The van der Waals surface area contributed by atoms with E-state index in [2.05, 4.69) is 14.7 Å². The molecular formula is C19H17F3N4O2S. The zero-order valence-corrected chi connectivity index (χ0v) is 16.3. The fraction of sp³-hybridized carbons (Fsp3) is 0.158. The number of hydrogen-bond acceptors (Lipinski definition) is 5. The third-order valence-corrected chi connectivity index (χ3v) is 5.34. The lowest BCUT2D eigenvalue weighted by atomic mass is 9.98. The van der Waals surface area contributed by atoms with Crippen molar-refractivity contribution in [2.75, 3.05) is 10.5 Å². The molecule has 0 aliphatic carbocycles. The lowest BCUT2D eigenvalue weighted by Crippen LogP contribution is -2.17. The van der Waals surface area contributed by atoms with Gasteiger partial charge in [-0.1, -0.05) is 12.1 Å². The third kappa shape index (κ3) is 4.48. The standard InChI is InChI=1S/C19H17F3N4O2S/c1-11-6-7-12(20)10-13(11)18-14(19(2,21)22)8-9-16(25-18)26-29(27,28)17-5-3-4-15(23)24-17/h3-10H,1-2H3,(H2,23,24)(H,25,26). The number of nitrogen functional groups attached to an aromatic ring is 1. The summed E-state index contributed by atoms with van der Waals surface area (Å²) < 4.78 is 69.2. The molecule has 0 saturated heterocycles. The van der Waals surface area contributed by atoms with Crippen LogP contribution in [-0.2, 0) is 15.9 Å². The molecule has 2 heterocycles. The van der Waals surface area contributed by atoms with Crippen molar-refractivity contribution in [2.24, 2.45) is 0 Å². The summed E-state index contributed by atoms with van der Waals surface area (Å²) in [5, 5.41) is -0.354. The molecule has 0 bridgehead atoms. The SMILES string of the molecule is Cc1ccc(F)cc1-c1nc(NS(=O)(=O)c2cccc(N)n2)ccc1C(C)(F)F. The largest absolute Gasteiger partial charge is 0.384 e. The number of nitrogens with two attached hydrogens (primary N) is 1. The Morgan fingerprint density at radius 1 is 1.07 bits per heavy atom. The first-order chi connectivity index (χ1) is 13.5. The van der Waals surface area contributed by atoms with Gasteiger partial charge in [-0.05, 0) is 48.9 Å². The van der Waals surface area contributed by atoms with E-state index in [-0.39, 0.29) is 27.9 Å². The van der Waals surface area contributed by atoms with Crippen molar-refractivity contribution in [3.8, 4) is 11.3 Å². The Morgan fingerprint density at radius 3 is 2.45 bits per heavy atom. The summed E-state index contributed by atoms with van der Waals surface area (Å²) in [5.74, 6) is -4.14. The van der Waals surface area contributed by atoms with Crippen LogP contribution in [0.3, 0.4) is 0 Å². The number of halogens is 3. The maximum Gasteiger partial charge on any atom is 0.280 e. The number of rotatable bonds is 5. The molecule has 3 rings (SSSR count). The van der Waals surface area contributed by atoms with Gasteiger partial charge in [-0.2, -0.15) is 8.42 Å². The van der Waals surface area contributed by atoms with Gasteiger partial charge in [0.25, 0.3) is 15.9 Å². The average molecular weight is 422 g/mol. The average Bonchev–Trinajstić information content (AvgIpc) is 2.62. The smallest absolute Gasteiger partial charge is 0.280 e. The van der Waals surface area contributed by atoms with Gasteiger partial charge in [-0.3, -0.25) is 4.72 Å². The van der Waals surface area contributed by atoms with Crippen LogP contribution in [0, 0.1) is 12.7 Å². The first-order valence-electron chi connectivity index (χ1n) is 8.38. The van der Waals surface area contributed by atoms with Gasteiger partial charge in [0, 0.05) is 18.1 Å². The van der Waals surface area contributed by atoms with Gasteiger partial charge in [0.15, 0.2) is 5.03 Å². The minimum Gasteiger partial charge on any atom is -0.384 e. The molecule has 29 heavy (non-hydrogen) atoms. The zero-order chi connectivity index (χ0) is 21.4. The molecule has 0 fully saturated rings. The molecule has 0 spiro atoms. The minimum absolute atomic E-state index is 0.00196. The highest BCUT2D eigenvalue weighted by Gasteiger charge is 2.30. The maximum atomic E-state index is 14.1. The van der Waals surface area contributed by atoms with Gasteiger partial charge in [-0.25, -0.2) is 23.1 Å². The van der Waals surface area contributed by atoms with Crippen LogP contribution >= 0.6 is 0 Å². The number of nitrogens with zero attached hydrogens (tertiary/aromatic N) is 2. The van der Waals surface area contributed by atoms with Crippen molar-refractivity contribution in [2.45, 2.75) is 24.8 Å². The first-order valence-corrected chi connectivity index (χ1v) is 9.87. The lowest BCUT2D eigenvalue weighted by molar-refractivity contribution is 0.0178. The molecule has 3 aromatic rings. The van der Waals surface area contributed by atoms with Crippen LogP contribution in [0.2, 0.25) is 0 Å². The molecule has 0 atom stereocenters. The van der Waals surface area contributed by atoms with Crippen LogP contribution < -0.4 is 10.5 Å². The summed E-state index contributed by atoms with van der Waals surface area (Å²) in [7, 11) is -4.17. The number of sulfonamides is 1. The minimum atomic E-state index is -4.17. The summed E-state index contributed by atoms with van der Waals surface area (Å²) in [6.45, 7) is 2.30. The fourth-order valence-electron chi connectivity index (χ4n) is 2.70. The Kier molecular flexibility index (Phi) is 5.22. The van der Waals surface area contributed by atoms with E-state index in [4.69, 9.17) is 5.73 Å². The van der Waals surface area contributed by atoms with Crippen molar-refractivity contribution in [1.82, 2.24) is 9.97 Å². The lowest BCUT2D eigenvalue weighted by Gasteiger charge is -2.18. The van der Waals surface area contributed by atoms with Crippen LogP contribution in [0.15, 0.2) is 53.6 Å². The normalized spacial score (nSPS) is 12.0. The number of benzene rings is 1. The summed E-state index contributed by atoms with van der Waals surface area (Å²) in [6.07, 6.45) is 0. The molecule has 0 unspecified atom stereocenters. The summed E-state index contributed by atoms with van der Waals surface area (Å²) in [5.41, 5.74) is 5.45. The fourth-order valence-corrected chi connectivity index (χ4v) is 3.67. The van der Waals surface area contributed by atoms with Crippen LogP contribution in [0.4, 0.5) is 24.8 Å². The third-order valence-electron chi connectivity index (χ3n) is 4.08. The van der Waals surface area contributed by atoms with Crippen LogP contribution in [0.25, 0.3) is 11.3 Å². The Hall–Kier alpha value is -3.14. The molecule has 1 aromatic carbocycles. The van der Waals surface area contributed by atoms with E-state index in [1.807, 2.05) is 0 Å². The molecule has 0 saturated carbocycles. The topological polar surface area (TPSA) is 98.0 Å². The molecule has 10 heteroatoms. The van der Waals surface area contributed by atoms with E-state index >= 15 is 0 Å². The van der Waals surface area contributed by atoms with Gasteiger partial charge in [0.1, 0.15) is 17.5 Å². The zero-order valence-electron chi connectivity index (χ0n) is 15.4. The summed E-state index contributed by atoms with van der Waals surface area (Å²) in [4.78, 5) is 7.78. The monoisotopic (exact) mass is 422 g/mol. The van der Waals surface area contributed by atoms with E-state index in [1.165, 1.54) is 30.3 Å². The number of hydrogen-bond donors (Lipinski definition) is 2. The molecule has 0 aliphatic heterocycles. The summed E-state index contributed by atoms with van der Waals surface area (Å²) >= 11 is 0. The van der Waals surface area contributed by atoms with Crippen LogP contribution in [0.1, 0.15) is 18.1 Å². The van der Waals surface area contributed by atoms with Gasteiger partial charge >= 0.3 is 0 Å². The van der Waals surface area contributed by atoms with E-state index in [9.17, 15) is 21.6 Å². The second-order valence-corrected chi connectivity index (χ2v) is 8.08.